The van der Waals surface area contributed by atoms with Gasteiger partial charge in [-0.15, -0.1) is 0 Å². The number of carbonyl (C=O) groups is 2. The molecule has 1 aliphatic heterocycles. The standard InChI is InChI=1S/C21H24N2O4/c1-27-21(26)17-3-2-4-19(13-17)22-18-9-11-23(12-10-18)14-15-5-7-16(8-6-15)20(24)25/h2-8,13,18,22H,9-12,14H2,1H3,(H,24,25). The summed E-state index contributed by atoms with van der Waals surface area (Å²) in [6.07, 6.45) is 2.02. The first-order chi connectivity index (χ1) is 13.0. The van der Waals surface area contributed by atoms with Gasteiger partial charge in [0, 0.05) is 31.4 Å². The van der Waals surface area contributed by atoms with Crippen LogP contribution in [0, 0.1) is 0 Å². The van der Waals surface area contributed by atoms with E-state index >= 15 is 0 Å². The molecule has 0 saturated carbocycles. The van der Waals surface area contributed by atoms with E-state index in [1.165, 1.54) is 7.11 Å². The van der Waals surface area contributed by atoms with Gasteiger partial charge < -0.3 is 15.2 Å². The lowest BCUT2D eigenvalue weighted by Crippen LogP contribution is -2.38. The molecule has 0 amide bonds. The Labute approximate surface area is 158 Å². The molecule has 1 saturated heterocycles. The zero-order chi connectivity index (χ0) is 19.2. The van der Waals surface area contributed by atoms with Crippen LogP contribution in [0.3, 0.4) is 0 Å². The van der Waals surface area contributed by atoms with Crippen LogP contribution in [-0.4, -0.2) is 48.2 Å². The Kier molecular flexibility index (Phi) is 6.08. The number of piperidine rings is 1. The molecule has 142 valence electrons. The van der Waals surface area contributed by atoms with Gasteiger partial charge in [-0.3, -0.25) is 4.90 Å². The number of hydrogen-bond acceptors (Lipinski definition) is 5. The molecule has 2 aromatic rings. The third-order valence-corrected chi connectivity index (χ3v) is 4.85. The molecule has 2 aromatic carbocycles. The zero-order valence-corrected chi connectivity index (χ0v) is 15.4. The number of nitrogens with one attached hydrogen (secondary N) is 1. The molecule has 0 aromatic heterocycles. The van der Waals surface area contributed by atoms with Crippen LogP contribution >= 0.6 is 0 Å². The molecule has 6 nitrogen and oxygen atoms in total. The summed E-state index contributed by atoms with van der Waals surface area (Å²) >= 11 is 0. The first-order valence-corrected chi connectivity index (χ1v) is 9.04. The van der Waals surface area contributed by atoms with E-state index in [1.54, 1.807) is 18.2 Å². The number of carboxylic acids is 1. The van der Waals surface area contributed by atoms with Crippen molar-refractivity contribution in [1.82, 2.24) is 4.90 Å². The summed E-state index contributed by atoms with van der Waals surface area (Å²) in [6.45, 7) is 2.76. The van der Waals surface area contributed by atoms with E-state index in [9.17, 15) is 9.59 Å². The third-order valence-electron chi connectivity index (χ3n) is 4.85. The highest BCUT2D eigenvalue weighted by Gasteiger charge is 2.19. The van der Waals surface area contributed by atoms with Crippen LogP contribution in [-0.2, 0) is 11.3 Å². The van der Waals surface area contributed by atoms with Crippen molar-refractivity contribution in [2.75, 3.05) is 25.5 Å². The number of anilines is 1. The van der Waals surface area contributed by atoms with E-state index in [0.29, 0.717) is 17.2 Å². The largest absolute Gasteiger partial charge is 0.478 e. The molecule has 1 heterocycles. The lowest BCUT2D eigenvalue weighted by Gasteiger charge is -2.33. The van der Waals surface area contributed by atoms with Gasteiger partial charge in [-0.25, -0.2) is 9.59 Å². The van der Waals surface area contributed by atoms with Crippen molar-refractivity contribution >= 4 is 17.6 Å². The van der Waals surface area contributed by atoms with E-state index in [4.69, 9.17) is 9.84 Å². The van der Waals surface area contributed by atoms with Crippen molar-refractivity contribution in [3.63, 3.8) is 0 Å². The van der Waals surface area contributed by atoms with Gasteiger partial charge in [0.2, 0.25) is 0 Å². The number of benzene rings is 2. The Morgan fingerprint density at radius 2 is 1.81 bits per heavy atom. The molecular formula is C21H24N2O4. The fourth-order valence-corrected chi connectivity index (χ4v) is 3.34. The lowest BCUT2D eigenvalue weighted by molar-refractivity contribution is 0.0600. The van der Waals surface area contributed by atoms with Crippen LogP contribution in [0.1, 0.15) is 39.1 Å². The van der Waals surface area contributed by atoms with Crippen LogP contribution in [0.5, 0.6) is 0 Å². The molecule has 0 unspecified atom stereocenters. The molecule has 2 N–H and O–H groups in total. The Hall–Kier alpha value is -2.86. The fourth-order valence-electron chi connectivity index (χ4n) is 3.34. The van der Waals surface area contributed by atoms with E-state index < -0.39 is 5.97 Å². The predicted molar refractivity (Wildman–Crippen MR) is 103 cm³/mol. The number of ether oxygens (including phenoxy) is 1. The van der Waals surface area contributed by atoms with Gasteiger partial charge in [-0.2, -0.15) is 0 Å². The summed E-state index contributed by atoms with van der Waals surface area (Å²) in [6, 6.07) is 14.8. The van der Waals surface area contributed by atoms with Gasteiger partial charge in [0.15, 0.2) is 0 Å². The number of rotatable bonds is 6. The van der Waals surface area contributed by atoms with Gasteiger partial charge in [-0.05, 0) is 48.7 Å². The minimum atomic E-state index is -0.898. The Morgan fingerprint density at radius 1 is 1.11 bits per heavy atom. The van der Waals surface area contributed by atoms with Gasteiger partial charge in [0.1, 0.15) is 0 Å². The quantitative estimate of drug-likeness (QED) is 0.762. The molecule has 0 radical (unpaired) electrons. The number of carboxylic acid groups (broad SMARTS) is 1. The second kappa shape index (κ2) is 8.68. The monoisotopic (exact) mass is 368 g/mol. The topological polar surface area (TPSA) is 78.9 Å². The number of methoxy groups -OCH3 is 1. The van der Waals surface area contributed by atoms with E-state index in [0.717, 1.165) is 43.7 Å². The Bertz CT molecular complexity index is 796. The minimum absolute atomic E-state index is 0.316. The highest BCUT2D eigenvalue weighted by atomic mass is 16.5. The summed E-state index contributed by atoms with van der Waals surface area (Å²) in [7, 11) is 1.38. The smallest absolute Gasteiger partial charge is 0.337 e. The predicted octanol–water partition coefficient (Wildman–Crippen LogP) is 3.25. The molecule has 1 aliphatic rings. The number of aromatic carboxylic acids is 1. The molecule has 6 heteroatoms. The highest BCUT2D eigenvalue weighted by molar-refractivity contribution is 5.90. The molecule has 27 heavy (non-hydrogen) atoms. The zero-order valence-electron chi connectivity index (χ0n) is 15.4. The second-order valence-electron chi connectivity index (χ2n) is 6.77. The van der Waals surface area contributed by atoms with E-state index in [2.05, 4.69) is 10.2 Å². The Morgan fingerprint density at radius 3 is 2.44 bits per heavy atom. The van der Waals surface area contributed by atoms with Crippen molar-refractivity contribution in [3.8, 4) is 0 Å². The summed E-state index contributed by atoms with van der Waals surface area (Å²) in [4.78, 5) is 24.9. The molecule has 1 fully saturated rings. The first-order valence-electron chi connectivity index (χ1n) is 9.04. The highest BCUT2D eigenvalue weighted by Crippen LogP contribution is 2.19. The maximum Gasteiger partial charge on any atom is 0.337 e. The maximum absolute atomic E-state index is 11.6. The van der Waals surface area contributed by atoms with Gasteiger partial charge in [0.05, 0.1) is 18.2 Å². The van der Waals surface area contributed by atoms with Crippen LogP contribution in [0.15, 0.2) is 48.5 Å². The summed E-state index contributed by atoms with van der Waals surface area (Å²) in [5.41, 5.74) is 2.92. The van der Waals surface area contributed by atoms with Gasteiger partial charge in [0.25, 0.3) is 0 Å². The number of hydrogen-bond donors (Lipinski definition) is 2. The third kappa shape index (κ3) is 5.08. The number of nitrogens with zero attached hydrogens (tertiary/aromatic N) is 1. The van der Waals surface area contributed by atoms with Crippen molar-refractivity contribution < 1.29 is 19.4 Å². The van der Waals surface area contributed by atoms with Crippen LogP contribution < -0.4 is 5.32 Å². The van der Waals surface area contributed by atoms with Gasteiger partial charge in [-0.1, -0.05) is 18.2 Å². The summed E-state index contributed by atoms with van der Waals surface area (Å²) < 4.78 is 4.77. The van der Waals surface area contributed by atoms with E-state index in [1.807, 2.05) is 30.3 Å². The molecule has 0 atom stereocenters. The van der Waals surface area contributed by atoms with Crippen LogP contribution in [0.4, 0.5) is 5.69 Å². The normalized spacial score (nSPS) is 15.3. The average molecular weight is 368 g/mol. The number of carbonyl (C=O) groups excluding carboxylic acids is 1. The number of esters is 1. The molecule has 0 bridgehead atoms. The average Bonchev–Trinajstić information content (AvgIpc) is 2.69. The fraction of sp³-hybridized carbons (Fsp3) is 0.333. The molecule has 3 rings (SSSR count). The number of likely N-dealkylation sites (tertiary alicyclic amines) is 1. The molecular weight excluding hydrogens is 344 g/mol. The lowest BCUT2D eigenvalue weighted by atomic mass is 10.0. The molecule has 0 aliphatic carbocycles. The maximum atomic E-state index is 11.6. The van der Waals surface area contributed by atoms with Crippen molar-refractivity contribution in [2.24, 2.45) is 0 Å². The first kappa shape index (κ1) is 18.9. The van der Waals surface area contributed by atoms with Crippen LogP contribution in [0.2, 0.25) is 0 Å². The van der Waals surface area contributed by atoms with Gasteiger partial charge >= 0.3 is 11.9 Å². The SMILES string of the molecule is COC(=O)c1cccc(NC2CCN(Cc3ccc(C(=O)O)cc3)CC2)c1. The minimum Gasteiger partial charge on any atom is -0.478 e. The van der Waals surface area contributed by atoms with Crippen molar-refractivity contribution in [3.05, 3.63) is 65.2 Å². The van der Waals surface area contributed by atoms with Crippen molar-refractivity contribution in [1.29, 1.82) is 0 Å². The Balaban J connectivity index is 1.50. The second-order valence-corrected chi connectivity index (χ2v) is 6.77. The summed E-state index contributed by atoms with van der Waals surface area (Å²) in [5.74, 6) is -1.23. The van der Waals surface area contributed by atoms with Crippen LogP contribution in [0.25, 0.3) is 0 Å². The summed E-state index contributed by atoms with van der Waals surface area (Å²) in [5, 5.41) is 12.5. The molecule has 0 spiro atoms. The van der Waals surface area contributed by atoms with E-state index in [-0.39, 0.29) is 5.97 Å². The van der Waals surface area contributed by atoms with Crippen molar-refractivity contribution in [2.45, 2.75) is 25.4 Å².